The lowest BCUT2D eigenvalue weighted by atomic mass is 9.76. The fourth-order valence-corrected chi connectivity index (χ4v) is 7.05. The number of alkyl halides is 1. The molecule has 4 rings (SSSR count). The molecule has 0 saturated heterocycles. The molecule has 0 radical (unpaired) electrons. The minimum Gasteiger partial charge on any atom is -0.478 e. The van der Waals surface area contributed by atoms with Gasteiger partial charge in [-0.3, -0.25) is 20.2 Å². The Hall–Kier alpha value is -2.85. The average molecular weight is 492 g/mol. The summed E-state index contributed by atoms with van der Waals surface area (Å²) in [7, 11) is 0. The summed E-state index contributed by atoms with van der Waals surface area (Å²) in [6, 6.07) is 8.82. The topological polar surface area (TPSA) is 136 Å². The van der Waals surface area contributed by atoms with Gasteiger partial charge in [-0.15, -0.1) is 23.4 Å². The van der Waals surface area contributed by atoms with Crippen molar-refractivity contribution in [1.29, 1.82) is 0 Å². The maximum Gasteiger partial charge on any atom is 0.337 e. The smallest absolute Gasteiger partial charge is 0.337 e. The fraction of sp³-hybridized carbons (Fsp3) is 0.409. The predicted octanol–water partition coefficient (Wildman–Crippen LogP) is 5.67. The van der Waals surface area contributed by atoms with Gasteiger partial charge in [0.25, 0.3) is 11.4 Å². The second kappa shape index (κ2) is 9.18. The van der Waals surface area contributed by atoms with E-state index in [1.165, 1.54) is 30.0 Å². The molecule has 5 atom stereocenters. The molecule has 1 aliphatic heterocycles. The highest BCUT2D eigenvalue weighted by atomic mass is 35.5. The number of nitro benzene ring substituents is 2. The van der Waals surface area contributed by atoms with Gasteiger partial charge in [0, 0.05) is 29.3 Å². The summed E-state index contributed by atoms with van der Waals surface area (Å²) in [5.41, 5.74) is 0.397. The van der Waals surface area contributed by atoms with Crippen LogP contribution in [0.15, 0.2) is 41.3 Å². The first-order valence-corrected chi connectivity index (χ1v) is 11.9. The van der Waals surface area contributed by atoms with Crippen molar-refractivity contribution in [1.82, 2.24) is 0 Å². The summed E-state index contributed by atoms with van der Waals surface area (Å²) in [5, 5.41) is 35.5. The first kappa shape index (κ1) is 23.3. The molecular weight excluding hydrogens is 470 g/mol. The zero-order valence-corrected chi connectivity index (χ0v) is 19.2. The number of anilines is 1. The molecule has 2 aromatic carbocycles. The third kappa shape index (κ3) is 4.13. The molecule has 1 saturated carbocycles. The van der Waals surface area contributed by atoms with Crippen molar-refractivity contribution >= 4 is 46.4 Å². The first-order chi connectivity index (χ1) is 15.7. The van der Waals surface area contributed by atoms with Crippen LogP contribution >= 0.6 is 23.4 Å². The van der Waals surface area contributed by atoms with Crippen molar-refractivity contribution in [2.45, 2.75) is 53.7 Å². The number of hydrogen-bond acceptors (Lipinski definition) is 7. The molecule has 9 nitrogen and oxygen atoms in total. The first-order valence-electron chi connectivity index (χ1n) is 10.6. The Balaban J connectivity index is 1.80. The Kier molecular flexibility index (Phi) is 6.49. The number of carboxylic acids is 1. The summed E-state index contributed by atoms with van der Waals surface area (Å²) in [6.07, 6.45) is 2.18. The number of nitro groups is 2. The van der Waals surface area contributed by atoms with Gasteiger partial charge in [0.15, 0.2) is 0 Å². The van der Waals surface area contributed by atoms with Crippen LogP contribution in [0.3, 0.4) is 0 Å². The van der Waals surface area contributed by atoms with E-state index < -0.39 is 27.1 Å². The Morgan fingerprint density at radius 2 is 1.88 bits per heavy atom. The summed E-state index contributed by atoms with van der Waals surface area (Å²) < 4.78 is 0. The van der Waals surface area contributed by atoms with Crippen LogP contribution in [-0.2, 0) is 0 Å². The number of thioether (sulfide) groups is 1. The second-order valence-corrected chi connectivity index (χ2v) is 10.1. The molecule has 0 amide bonds. The molecule has 0 unspecified atom stereocenters. The number of nitrogens with zero attached hydrogens (tertiary/aromatic N) is 2. The van der Waals surface area contributed by atoms with Gasteiger partial charge in [-0.2, -0.15) is 0 Å². The van der Waals surface area contributed by atoms with E-state index in [4.69, 9.17) is 11.6 Å². The monoisotopic (exact) mass is 491 g/mol. The largest absolute Gasteiger partial charge is 0.478 e. The van der Waals surface area contributed by atoms with E-state index in [1.807, 2.05) is 6.92 Å². The minimum atomic E-state index is -1.17. The molecule has 33 heavy (non-hydrogen) atoms. The molecule has 1 aliphatic carbocycles. The second-order valence-electron chi connectivity index (χ2n) is 8.27. The molecule has 11 heteroatoms. The van der Waals surface area contributed by atoms with Crippen molar-refractivity contribution in [2.24, 2.45) is 5.92 Å². The standard InChI is InChI=1S/C22H22ClN3O6S/c1-2-5-13-12-10-17(33-16-7-4-3-6-14(16)25(29)30)20(23)18(12)19-15(26(31)32)9-8-11(22(27)28)21(19)24-13/h3-4,6-9,12-13,17-18,20,24H,2,5,10H2,1H3,(H,27,28)/t12-,13-,17-,18+,20+/m0/s1. The fourth-order valence-electron chi connectivity index (χ4n) is 5.11. The van der Waals surface area contributed by atoms with Crippen molar-refractivity contribution < 1.29 is 19.7 Å². The van der Waals surface area contributed by atoms with E-state index in [2.05, 4.69) is 5.32 Å². The van der Waals surface area contributed by atoms with E-state index in [-0.39, 0.29) is 39.8 Å². The summed E-state index contributed by atoms with van der Waals surface area (Å²) >= 11 is 8.26. The predicted molar refractivity (Wildman–Crippen MR) is 126 cm³/mol. The highest BCUT2D eigenvalue weighted by molar-refractivity contribution is 8.00. The van der Waals surface area contributed by atoms with Crippen LogP contribution in [0.25, 0.3) is 0 Å². The number of hydrogen-bond donors (Lipinski definition) is 2. The van der Waals surface area contributed by atoms with Gasteiger partial charge in [-0.25, -0.2) is 4.79 Å². The molecule has 0 bridgehead atoms. The number of para-hydroxylation sites is 1. The Bertz CT molecular complexity index is 1130. The lowest BCUT2D eigenvalue weighted by Crippen LogP contribution is -2.38. The Morgan fingerprint density at radius 3 is 2.52 bits per heavy atom. The highest BCUT2D eigenvalue weighted by Crippen LogP contribution is 2.57. The molecule has 0 spiro atoms. The van der Waals surface area contributed by atoms with E-state index in [0.29, 0.717) is 16.9 Å². The minimum absolute atomic E-state index is 0.0102. The van der Waals surface area contributed by atoms with Gasteiger partial charge >= 0.3 is 5.97 Å². The van der Waals surface area contributed by atoms with Gasteiger partial charge in [-0.05, 0) is 30.9 Å². The molecule has 2 aromatic rings. The number of carbonyl (C=O) groups is 1. The maximum atomic E-state index is 11.9. The van der Waals surface area contributed by atoms with Crippen LogP contribution < -0.4 is 5.32 Å². The quantitative estimate of drug-likeness (QED) is 0.287. The van der Waals surface area contributed by atoms with Gasteiger partial charge in [0.1, 0.15) is 0 Å². The van der Waals surface area contributed by atoms with Crippen LogP contribution in [0.2, 0.25) is 0 Å². The SMILES string of the molecule is CCC[C@@H]1Nc2c(C(=O)O)ccc([N+](=O)[O-])c2[C@@H]2[C@H](Cl)[C@@H](Sc3ccccc3[N+](=O)[O-])C[C@H]21. The van der Waals surface area contributed by atoms with Crippen molar-refractivity contribution in [3.8, 4) is 0 Å². The lowest BCUT2D eigenvalue weighted by Gasteiger charge is -2.38. The Morgan fingerprint density at radius 1 is 1.18 bits per heavy atom. The van der Waals surface area contributed by atoms with Gasteiger partial charge < -0.3 is 10.4 Å². The third-order valence-electron chi connectivity index (χ3n) is 6.43. The van der Waals surface area contributed by atoms with Gasteiger partial charge in [0.05, 0.1) is 36.9 Å². The molecule has 2 aliphatic rings. The van der Waals surface area contributed by atoms with Gasteiger partial charge in [0.2, 0.25) is 0 Å². The molecule has 0 aromatic heterocycles. The van der Waals surface area contributed by atoms with Crippen LogP contribution in [0.4, 0.5) is 17.1 Å². The van der Waals surface area contributed by atoms with Gasteiger partial charge in [-0.1, -0.05) is 25.5 Å². The van der Waals surface area contributed by atoms with E-state index in [9.17, 15) is 30.1 Å². The number of carboxylic acid groups (broad SMARTS) is 1. The number of halogens is 1. The number of aromatic carboxylic acids is 1. The van der Waals surface area contributed by atoms with E-state index >= 15 is 0 Å². The molecule has 1 heterocycles. The van der Waals surface area contributed by atoms with Crippen LogP contribution in [0.5, 0.6) is 0 Å². The van der Waals surface area contributed by atoms with E-state index in [1.54, 1.807) is 18.2 Å². The lowest BCUT2D eigenvalue weighted by molar-refractivity contribution is -0.387. The molecule has 2 N–H and O–H groups in total. The zero-order valence-electron chi connectivity index (χ0n) is 17.6. The molecule has 1 fully saturated rings. The van der Waals surface area contributed by atoms with Crippen molar-refractivity contribution in [2.75, 3.05) is 5.32 Å². The number of fused-ring (bicyclic) bond motifs is 3. The van der Waals surface area contributed by atoms with Crippen LogP contribution in [0.1, 0.15) is 48.0 Å². The summed E-state index contributed by atoms with van der Waals surface area (Å²) in [5.74, 6) is -1.68. The number of rotatable bonds is 7. The van der Waals surface area contributed by atoms with E-state index in [0.717, 1.165) is 12.8 Å². The Labute approximate surface area is 198 Å². The molecule has 174 valence electrons. The van der Waals surface area contributed by atoms with Crippen LogP contribution in [0, 0.1) is 26.1 Å². The normalized spacial score (nSPS) is 25.6. The average Bonchev–Trinajstić information content (AvgIpc) is 3.09. The summed E-state index contributed by atoms with van der Waals surface area (Å²) in [4.78, 5) is 34.8. The highest BCUT2D eigenvalue weighted by Gasteiger charge is 2.52. The third-order valence-corrected chi connectivity index (χ3v) is 8.55. The zero-order chi connectivity index (χ0) is 23.9. The van der Waals surface area contributed by atoms with Crippen LogP contribution in [-0.4, -0.2) is 37.6 Å². The van der Waals surface area contributed by atoms with Crippen molar-refractivity contribution in [3.63, 3.8) is 0 Å². The summed E-state index contributed by atoms with van der Waals surface area (Å²) in [6.45, 7) is 2.02. The molecular formula is C22H22ClN3O6S. The van der Waals surface area contributed by atoms with Crippen molar-refractivity contribution in [3.05, 3.63) is 67.8 Å². The maximum absolute atomic E-state index is 11.9. The number of benzene rings is 2. The number of nitrogens with one attached hydrogen (secondary N) is 1.